The van der Waals surface area contributed by atoms with Gasteiger partial charge < -0.3 is 19.7 Å². The van der Waals surface area contributed by atoms with Gasteiger partial charge in [0, 0.05) is 5.57 Å². The first kappa shape index (κ1) is 19.1. The average Bonchev–Trinajstić information content (AvgIpc) is 3.38. The standard InChI is InChI=1S/C20H23N3O3S/c1-24-16-9-8-14(13-17(16)25-2)12-15(6-3-4-10-21)20-22-19(23-26-20)18-7-5-11-27-18/h5,7-9,11-13H,3-4,6,10,21H2,1-2H3/p+1/b15-12+. The summed E-state index contributed by atoms with van der Waals surface area (Å²) in [6.07, 6.45) is 4.97. The van der Waals surface area contributed by atoms with Crippen LogP contribution in [-0.4, -0.2) is 30.9 Å². The van der Waals surface area contributed by atoms with Gasteiger partial charge in [0.15, 0.2) is 11.5 Å². The highest BCUT2D eigenvalue weighted by Gasteiger charge is 2.14. The van der Waals surface area contributed by atoms with Crippen LogP contribution in [0.3, 0.4) is 0 Å². The maximum absolute atomic E-state index is 5.56. The number of methoxy groups -OCH3 is 2. The predicted octanol–water partition coefficient (Wildman–Crippen LogP) is 3.77. The predicted molar refractivity (Wildman–Crippen MR) is 107 cm³/mol. The number of ether oxygens (including phenoxy) is 2. The first-order valence-electron chi connectivity index (χ1n) is 8.85. The van der Waals surface area contributed by atoms with Gasteiger partial charge in [-0.05, 0) is 54.5 Å². The summed E-state index contributed by atoms with van der Waals surface area (Å²) in [6.45, 7) is 0.911. The lowest BCUT2D eigenvalue weighted by molar-refractivity contribution is -0.368. The molecule has 6 nitrogen and oxygen atoms in total. The molecule has 0 saturated carbocycles. The highest BCUT2D eigenvalue weighted by Crippen LogP contribution is 2.31. The van der Waals surface area contributed by atoms with Crippen molar-refractivity contribution in [1.29, 1.82) is 0 Å². The molecule has 3 rings (SSSR count). The molecule has 0 amide bonds. The Balaban J connectivity index is 1.92. The van der Waals surface area contributed by atoms with E-state index in [-0.39, 0.29) is 0 Å². The summed E-state index contributed by atoms with van der Waals surface area (Å²) in [5, 5.41) is 6.14. The molecule has 1 aromatic carbocycles. The van der Waals surface area contributed by atoms with Crippen molar-refractivity contribution in [3.8, 4) is 22.2 Å². The molecule has 0 atom stereocenters. The van der Waals surface area contributed by atoms with E-state index in [1.165, 1.54) is 0 Å². The quantitative estimate of drug-likeness (QED) is 0.566. The number of quaternary nitrogens is 1. The Kier molecular flexibility index (Phi) is 6.62. The number of allylic oxidation sites excluding steroid dienone is 1. The molecule has 7 heteroatoms. The lowest BCUT2D eigenvalue weighted by Crippen LogP contribution is -2.50. The zero-order valence-electron chi connectivity index (χ0n) is 15.6. The molecule has 27 heavy (non-hydrogen) atoms. The molecule has 0 spiro atoms. The van der Waals surface area contributed by atoms with Gasteiger partial charge in [0.05, 0.1) is 25.6 Å². The summed E-state index contributed by atoms with van der Waals surface area (Å²) < 4.78 is 16.3. The normalized spacial score (nSPS) is 11.6. The third-order valence-electron chi connectivity index (χ3n) is 4.14. The molecule has 0 aliphatic heterocycles. The van der Waals surface area contributed by atoms with E-state index in [0.717, 1.165) is 41.8 Å². The molecular formula is C20H24N3O3S+. The molecular weight excluding hydrogens is 362 g/mol. The summed E-state index contributed by atoms with van der Waals surface area (Å²) in [5.74, 6) is 2.56. The molecule has 0 aliphatic rings. The smallest absolute Gasteiger partial charge is 0.254 e. The van der Waals surface area contributed by atoms with Crippen LogP contribution in [0, 0.1) is 0 Å². The SMILES string of the molecule is COc1ccc(/C=C(\CCCC[NH3+])c2nc(-c3cccs3)no2)cc1OC. The summed E-state index contributed by atoms with van der Waals surface area (Å²) in [6, 6.07) is 9.78. The van der Waals surface area contributed by atoms with E-state index >= 15 is 0 Å². The fraction of sp³-hybridized carbons (Fsp3) is 0.300. The van der Waals surface area contributed by atoms with Gasteiger partial charge in [-0.3, -0.25) is 0 Å². The van der Waals surface area contributed by atoms with Crippen molar-refractivity contribution in [3.05, 3.63) is 47.2 Å². The van der Waals surface area contributed by atoms with Gasteiger partial charge in [-0.1, -0.05) is 17.3 Å². The minimum Gasteiger partial charge on any atom is -0.493 e. The number of nitrogens with zero attached hydrogens (tertiary/aromatic N) is 2. The molecule has 0 unspecified atom stereocenters. The van der Waals surface area contributed by atoms with Crippen LogP contribution in [0.25, 0.3) is 22.4 Å². The Hall–Kier alpha value is -2.64. The van der Waals surface area contributed by atoms with Crippen molar-refractivity contribution in [3.63, 3.8) is 0 Å². The Morgan fingerprint density at radius 1 is 1.19 bits per heavy atom. The fourth-order valence-corrected chi connectivity index (χ4v) is 3.39. The molecule has 3 N–H and O–H groups in total. The first-order chi connectivity index (χ1) is 13.2. The van der Waals surface area contributed by atoms with E-state index < -0.39 is 0 Å². The van der Waals surface area contributed by atoms with Gasteiger partial charge in [0.1, 0.15) is 0 Å². The van der Waals surface area contributed by atoms with Crippen molar-refractivity contribution in [1.82, 2.24) is 10.1 Å². The van der Waals surface area contributed by atoms with Crippen LogP contribution in [-0.2, 0) is 0 Å². The highest BCUT2D eigenvalue weighted by molar-refractivity contribution is 7.13. The zero-order valence-corrected chi connectivity index (χ0v) is 16.4. The second-order valence-corrected chi connectivity index (χ2v) is 6.94. The number of rotatable bonds is 9. The summed E-state index contributed by atoms with van der Waals surface area (Å²) in [5.41, 5.74) is 5.92. The third kappa shape index (κ3) is 4.75. The van der Waals surface area contributed by atoms with Crippen LogP contribution in [0.4, 0.5) is 0 Å². The highest BCUT2D eigenvalue weighted by atomic mass is 32.1. The number of thiophene rings is 1. The summed E-state index contributed by atoms with van der Waals surface area (Å²) in [7, 11) is 3.26. The molecule has 2 heterocycles. The fourth-order valence-electron chi connectivity index (χ4n) is 2.74. The van der Waals surface area contributed by atoms with Crippen molar-refractivity contribution < 1.29 is 19.7 Å². The lowest BCUT2D eigenvalue weighted by Gasteiger charge is -2.08. The Labute approximate surface area is 162 Å². The second kappa shape index (κ2) is 9.34. The van der Waals surface area contributed by atoms with E-state index in [1.807, 2.05) is 35.7 Å². The number of unbranched alkanes of at least 4 members (excludes halogenated alkanes) is 1. The number of benzene rings is 1. The number of aromatic nitrogens is 2. The molecule has 0 bridgehead atoms. The van der Waals surface area contributed by atoms with E-state index in [0.29, 0.717) is 23.2 Å². The van der Waals surface area contributed by atoms with Crippen LogP contribution >= 0.6 is 11.3 Å². The van der Waals surface area contributed by atoms with Crippen molar-refractivity contribution >= 4 is 23.0 Å². The van der Waals surface area contributed by atoms with Crippen molar-refractivity contribution in [2.45, 2.75) is 19.3 Å². The zero-order chi connectivity index (χ0) is 19.1. The van der Waals surface area contributed by atoms with Crippen LogP contribution in [0.15, 0.2) is 40.2 Å². The first-order valence-corrected chi connectivity index (χ1v) is 9.73. The molecule has 3 aromatic rings. The Bertz CT molecular complexity index is 888. The van der Waals surface area contributed by atoms with Crippen LogP contribution in [0.1, 0.15) is 30.7 Å². The molecule has 0 aliphatic carbocycles. The molecule has 0 fully saturated rings. The minimum atomic E-state index is 0.553. The molecule has 2 aromatic heterocycles. The molecule has 142 valence electrons. The second-order valence-electron chi connectivity index (χ2n) is 6.00. The van der Waals surface area contributed by atoms with Crippen LogP contribution < -0.4 is 15.2 Å². The van der Waals surface area contributed by atoms with Crippen LogP contribution in [0.5, 0.6) is 11.5 Å². The molecule has 0 radical (unpaired) electrons. The average molecular weight is 386 g/mol. The monoisotopic (exact) mass is 386 g/mol. The molecule has 0 saturated heterocycles. The Morgan fingerprint density at radius 2 is 2.04 bits per heavy atom. The van der Waals surface area contributed by atoms with Crippen LogP contribution in [0.2, 0.25) is 0 Å². The van der Waals surface area contributed by atoms with E-state index in [4.69, 9.17) is 14.0 Å². The van der Waals surface area contributed by atoms with Gasteiger partial charge in [-0.2, -0.15) is 4.98 Å². The van der Waals surface area contributed by atoms with Gasteiger partial charge >= 0.3 is 0 Å². The van der Waals surface area contributed by atoms with E-state index in [9.17, 15) is 0 Å². The third-order valence-corrected chi connectivity index (χ3v) is 5.00. The minimum absolute atomic E-state index is 0.553. The maximum atomic E-state index is 5.56. The number of hydrogen-bond donors (Lipinski definition) is 1. The summed E-state index contributed by atoms with van der Waals surface area (Å²) >= 11 is 1.59. The van der Waals surface area contributed by atoms with E-state index in [2.05, 4.69) is 22.0 Å². The van der Waals surface area contributed by atoms with Gasteiger partial charge in [0.2, 0.25) is 5.82 Å². The van der Waals surface area contributed by atoms with Crippen molar-refractivity contribution in [2.24, 2.45) is 0 Å². The lowest BCUT2D eigenvalue weighted by atomic mass is 10.0. The Morgan fingerprint density at radius 3 is 2.74 bits per heavy atom. The largest absolute Gasteiger partial charge is 0.493 e. The number of hydrogen-bond acceptors (Lipinski definition) is 6. The van der Waals surface area contributed by atoms with Gasteiger partial charge in [-0.15, -0.1) is 11.3 Å². The van der Waals surface area contributed by atoms with Crippen molar-refractivity contribution in [2.75, 3.05) is 20.8 Å². The van der Waals surface area contributed by atoms with Gasteiger partial charge in [-0.25, -0.2) is 0 Å². The van der Waals surface area contributed by atoms with E-state index in [1.54, 1.807) is 25.6 Å². The van der Waals surface area contributed by atoms with Gasteiger partial charge in [0.25, 0.3) is 5.89 Å². The maximum Gasteiger partial charge on any atom is 0.254 e. The topological polar surface area (TPSA) is 85.0 Å². The summed E-state index contributed by atoms with van der Waals surface area (Å²) in [4.78, 5) is 5.59.